The van der Waals surface area contributed by atoms with Gasteiger partial charge in [0.05, 0.1) is 46.7 Å². The van der Waals surface area contributed by atoms with E-state index in [9.17, 15) is 28.8 Å². The smallest absolute Gasteiger partial charge is 0.543 e. The number of aliphatic hydroxyl groups is 1. The van der Waals surface area contributed by atoms with Gasteiger partial charge in [0.2, 0.25) is 5.91 Å². The van der Waals surface area contributed by atoms with Crippen LogP contribution in [-0.4, -0.2) is 55.0 Å². The molecule has 0 aromatic heterocycles. The van der Waals surface area contributed by atoms with E-state index in [0.29, 0.717) is 21.4 Å². The maximum Gasteiger partial charge on any atom is 1.00 e. The Labute approximate surface area is 208 Å². The maximum absolute atomic E-state index is 13.3. The molecule has 5 rings (SSSR count). The molecular weight excluding hydrogens is 443 g/mol. The number of rotatable bonds is 4. The number of amides is 2. The third-order valence-electron chi connectivity index (χ3n) is 6.53. The second-order valence-corrected chi connectivity index (χ2v) is 9.52. The molecule has 0 spiro atoms. The molecule has 5 atom stereocenters. The van der Waals surface area contributed by atoms with Crippen molar-refractivity contribution in [2.75, 3.05) is 6.54 Å². The van der Waals surface area contributed by atoms with Gasteiger partial charge in [-0.2, -0.15) is 0 Å². The molecule has 8 nitrogen and oxygen atoms in total. The summed E-state index contributed by atoms with van der Waals surface area (Å²) in [4.78, 5) is 39.0. The SMILES string of the molecule is CC(O)[C@H]1C(=O)N2C(C(=O)[O-])=C(CN3C(=O)c4ccc5ccccc5c4S3=O)[C@H](C)C12.[Na+]. The van der Waals surface area contributed by atoms with Crippen molar-refractivity contribution >= 4 is 39.5 Å². The minimum atomic E-state index is -1.82. The number of nitrogens with zero attached hydrogens (tertiary/aromatic N) is 2. The van der Waals surface area contributed by atoms with E-state index < -0.39 is 52.8 Å². The van der Waals surface area contributed by atoms with Crippen LogP contribution < -0.4 is 34.7 Å². The van der Waals surface area contributed by atoms with Gasteiger partial charge >= 0.3 is 29.6 Å². The molecule has 3 heterocycles. The van der Waals surface area contributed by atoms with E-state index >= 15 is 0 Å². The molecule has 2 aromatic carbocycles. The van der Waals surface area contributed by atoms with Crippen molar-refractivity contribution in [2.24, 2.45) is 11.8 Å². The third kappa shape index (κ3) is 3.03. The number of hydrogen-bond donors (Lipinski definition) is 1. The number of aliphatic hydroxyl groups excluding tert-OH is 1. The Morgan fingerprint density at radius 3 is 2.56 bits per heavy atom. The topological polar surface area (TPSA) is 118 Å². The van der Waals surface area contributed by atoms with E-state index in [2.05, 4.69) is 0 Å². The van der Waals surface area contributed by atoms with Gasteiger partial charge in [0.1, 0.15) is 0 Å². The van der Waals surface area contributed by atoms with Crippen LogP contribution in [0.3, 0.4) is 0 Å². The second-order valence-electron chi connectivity index (χ2n) is 8.17. The standard InChI is InChI=1S/C22H20N2O6S.Na/c1-10-15(18(22(28)29)24-17(10)16(11(2)25)21(24)27)9-23-20(26)14-8-7-12-5-3-4-6-13(12)19(14)31(23)30;/h3-8,10-11,16-17,25H,9H2,1-2H3,(H,28,29);/q;+1/p-1/t10-,11?,16+,17?,31?;/m0./s1. The van der Waals surface area contributed by atoms with Gasteiger partial charge in [0.15, 0.2) is 11.0 Å². The fourth-order valence-corrected chi connectivity index (χ4v) is 6.49. The largest absolute Gasteiger partial charge is 1.00 e. The van der Waals surface area contributed by atoms with Gasteiger partial charge in [-0.25, -0.2) is 8.51 Å². The molecule has 1 N–H and O–H groups in total. The Hall–Kier alpha value is -2.04. The second kappa shape index (κ2) is 8.07. The van der Waals surface area contributed by atoms with Crippen LogP contribution in [-0.2, 0) is 20.6 Å². The van der Waals surface area contributed by atoms with Gasteiger partial charge in [0, 0.05) is 11.3 Å². The predicted octanol–water partition coefficient (Wildman–Crippen LogP) is -2.82. The summed E-state index contributed by atoms with van der Waals surface area (Å²) in [5, 5.41) is 23.4. The molecule has 3 unspecified atom stereocenters. The van der Waals surface area contributed by atoms with Crippen LogP contribution in [0.25, 0.3) is 10.8 Å². The summed E-state index contributed by atoms with van der Waals surface area (Å²) >= 11 is 0. The molecule has 0 bridgehead atoms. The number of carboxylic acids is 1. The van der Waals surface area contributed by atoms with Crippen molar-refractivity contribution in [1.82, 2.24) is 9.21 Å². The van der Waals surface area contributed by atoms with Gasteiger partial charge in [-0.05, 0) is 23.9 Å². The predicted molar refractivity (Wildman–Crippen MR) is 108 cm³/mol. The van der Waals surface area contributed by atoms with Crippen molar-refractivity contribution in [3.63, 3.8) is 0 Å². The van der Waals surface area contributed by atoms with Crippen molar-refractivity contribution in [3.8, 4) is 0 Å². The molecule has 1 fully saturated rings. The zero-order valence-corrected chi connectivity index (χ0v) is 20.6. The minimum Gasteiger partial charge on any atom is -0.543 e. The van der Waals surface area contributed by atoms with Crippen molar-refractivity contribution in [3.05, 3.63) is 53.2 Å². The first-order chi connectivity index (χ1) is 14.7. The van der Waals surface area contributed by atoms with E-state index in [1.807, 2.05) is 12.1 Å². The number of fused-ring (bicyclic) bond motifs is 4. The Morgan fingerprint density at radius 1 is 1.22 bits per heavy atom. The van der Waals surface area contributed by atoms with Gasteiger partial charge < -0.3 is 19.9 Å². The molecule has 0 aliphatic carbocycles. The molecule has 2 aromatic rings. The number of benzene rings is 2. The Kier molecular flexibility index (Phi) is 5.83. The fraction of sp³-hybridized carbons (Fsp3) is 0.318. The Balaban J connectivity index is 0.00000245. The minimum absolute atomic E-state index is 0. The molecule has 2 amide bonds. The molecule has 0 saturated carbocycles. The van der Waals surface area contributed by atoms with Crippen LogP contribution in [0.1, 0.15) is 24.2 Å². The first kappa shape index (κ1) is 23.1. The normalized spacial score (nSPS) is 27.2. The van der Waals surface area contributed by atoms with E-state index in [4.69, 9.17) is 0 Å². The zero-order valence-electron chi connectivity index (χ0n) is 17.8. The monoisotopic (exact) mass is 462 g/mol. The third-order valence-corrected chi connectivity index (χ3v) is 8.02. The Bertz CT molecular complexity index is 1240. The molecule has 160 valence electrons. The molecule has 32 heavy (non-hydrogen) atoms. The first-order valence-electron chi connectivity index (χ1n) is 9.95. The van der Waals surface area contributed by atoms with Crippen molar-refractivity contribution < 1.29 is 58.4 Å². The summed E-state index contributed by atoms with van der Waals surface area (Å²) in [5.74, 6) is -3.62. The van der Waals surface area contributed by atoms with Gasteiger partial charge in [-0.1, -0.05) is 37.3 Å². The van der Waals surface area contributed by atoms with Gasteiger partial charge in [-0.3, -0.25) is 9.59 Å². The van der Waals surface area contributed by atoms with Crippen LogP contribution in [0.15, 0.2) is 52.6 Å². The van der Waals surface area contributed by atoms with Crippen molar-refractivity contribution in [2.45, 2.75) is 30.9 Å². The van der Waals surface area contributed by atoms with E-state index in [0.717, 1.165) is 14.6 Å². The number of carbonyl (C=O) groups excluding carboxylic acids is 3. The average Bonchev–Trinajstić information content (AvgIpc) is 3.12. The number of carbonyl (C=O) groups is 3. The van der Waals surface area contributed by atoms with Gasteiger partial charge in [-0.15, -0.1) is 0 Å². The van der Waals surface area contributed by atoms with Crippen LogP contribution in [0.5, 0.6) is 0 Å². The summed E-state index contributed by atoms with van der Waals surface area (Å²) < 4.78 is 14.5. The Morgan fingerprint density at radius 2 is 1.91 bits per heavy atom. The number of β-lactam (4-membered cyclic amide) rings is 1. The van der Waals surface area contributed by atoms with Gasteiger partial charge in [0.25, 0.3) is 5.91 Å². The molecular formula is C22H19N2NaO6S. The summed E-state index contributed by atoms with van der Waals surface area (Å²) in [5.41, 5.74) is 0.338. The molecule has 10 heteroatoms. The van der Waals surface area contributed by atoms with E-state index in [-0.39, 0.29) is 41.8 Å². The summed E-state index contributed by atoms with van der Waals surface area (Å²) in [6, 6.07) is 10.2. The zero-order chi connectivity index (χ0) is 22.2. The van der Waals surface area contributed by atoms with E-state index in [1.54, 1.807) is 31.2 Å². The summed E-state index contributed by atoms with van der Waals surface area (Å²) in [6.07, 6.45) is -0.934. The first-order valence-corrected chi connectivity index (χ1v) is 11.1. The fourth-order valence-electron chi connectivity index (χ4n) is 5.05. The number of carboxylic acid groups (broad SMARTS) is 1. The number of hydrogen-bond acceptors (Lipinski definition) is 6. The summed E-state index contributed by atoms with van der Waals surface area (Å²) in [6.45, 7) is 3.03. The van der Waals surface area contributed by atoms with Crippen LogP contribution in [0.2, 0.25) is 0 Å². The van der Waals surface area contributed by atoms with Crippen LogP contribution >= 0.6 is 0 Å². The number of aliphatic carboxylic acids is 1. The van der Waals surface area contributed by atoms with Crippen molar-refractivity contribution in [1.29, 1.82) is 0 Å². The maximum atomic E-state index is 13.3. The average molecular weight is 462 g/mol. The van der Waals surface area contributed by atoms with Crippen LogP contribution in [0.4, 0.5) is 0 Å². The molecule has 3 aliphatic rings. The molecule has 1 saturated heterocycles. The quantitative estimate of drug-likeness (QED) is 0.387. The molecule has 3 aliphatic heterocycles. The summed E-state index contributed by atoms with van der Waals surface area (Å²) in [7, 11) is -1.82. The van der Waals surface area contributed by atoms with E-state index in [1.165, 1.54) is 6.92 Å². The van der Waals surface area contributed by atoms with Crippen LogP contribution in [0, 0.1) is 11.8 Å². The molecule has 0 radical (unpaired) electrons.